The van der Waals surface area contributed by atoms with Gasteiger partial charge in [-0.05, 0) is 49.2 Å². The topological polar surface area (TPSA) is 73.0 Å². The van der Waals surface area contributed by atoms with Crippen molar-refractivity contribution in [3.63, 3.8) is 0 Å². The smallest absolute Gasteiger partial charge is 0.196 e. The average Bonchev–Trinajstić information content (AvgIpc) is 3.15. The fourth-order valence-electron chi connectivity index (χ4n) is 2.65. The zero-order valence-corrected chi connectivity index (χ0v) is 16.9. The predicted octanol–water partition coefficient (Wildman–Crippen LogP) is 4.78. The van der Waals surface area contributed by atoms with Crippen molar-refractivity contribution in [1.29, 1.82) is 5.26 Å². The van der Waals surface area contributed by atoms with Crippen molar-refractivity contribution in [1.82, 2.24) is 14.8 Å². The van der Waals surface area contributed by atoms with Gasteiger partial charge in [0.15, 0.2) is 11.0 Å². The van der Waals surface area contributed by atoms with Crippen LogP contribution in [0.15, 0.2) is 53.7 Å². The third kappa shape index (κ3) is 5.48. The minimum Gasteiger partial charge on any atom is -0.497 e. The molecule has 0 aliphatic heterocycles. The van der Waals surface area contributed by atoms with Crippen LogP contribution in [0.5, 0.6) is 11.5 Å². The zero-order chi connectivity index (χ0) is 20.5. The number of nitriles is 1. The number of methoxy groups -OCH3 is 1. The van der Waals surface area contributed by atoms with E-state index in [1.165, 1.54) is 17.8 Å². The molecule has 6 nitrogen and oxygen atoms in total. The number of unbranched alkanes of at least 4 members (excludes halogenated alkanes) is 2. The third-order valence-corrected chi connectivity index (χ3v) is 5.15. The molecule has 150 valence electrons. The molecule has 0 bridgehead atoms. The summed E-state index contributed by atoms with van der Waals surface area (Å²) in [6, 6.07) is 15.9. The lowest BCUT2D eigenvalue weighted by Crippen LogP contribution is -2.08. The van der Waals surface area contributed by atoms with Gasteiger partial charge in [0, 0.05) is 12.2 Å². The van der Waals surface area contributed by atoms with Crippen LogP contribution in [-0.4, -0.2) is 27.6 Å². The molecule has 0 unspecified atom stereocenters. The monoisotopic (exact) mass is 412 g/mol. The summed E-state index contributed by atoms with van der Waals surface area (Å²) < 4.78 is 27.1. The molecule has 2 aromatic carbocycles. The molecule has 3 rings (SSSR count). The lowest BCUT2D eigenvalue weighted by molar-refractivity contribution is 0.292. The maximum atomic E-state index is 14.5. The summed E-state index contributed by atoms with van der Waals surface area (Å²) in [5.41, 5.74) is 0.380. The van der Waals surface area contributed by atoms with E-state index in [2.05, 4.69) is 16.3 Å². The van der Waals surface area contributed by atoms with E-state index in [4.69, 9.17) is 14.7 Å². The lowest BCUT2D eigenvalue weighted by atomic mass is 10.3. The molecule has 0 aliphatic carbocycles. The number of rotatable bonds is 10. The fraction of sp³-hybridized carbons (Fsp3) is 0.286. The number of ether oxygens (including phenoxy) is 2. The Hall–Kier alpha value is -3.05. The number of benzene rings is 2. The van der Waals surface area contributed by atoms with Crippen molar-refractivity contribution in [2.45, 2.75) is 31.0 Å². The molecule has 0 aliphatic rings. The normalized spacial score (nSPS) is 10.5. The molecule has 1 heterocycles. The summed E-state index contributed by atoms with van der Waals surface area (Å²) in [4.78, 5) is 0. The van der Waals surface area contributed by atoms with Gasteiger partial charge in [-0.3, -0.25) is 4.57 Å². The Morgan fingerprint density at radius 1 is 1.07 bits per heavy atom. The van der Waals surface area contributed by atoms with E-state index in [1.54, 1.807) is 54.1 Å². The van der Waals surface area contributed by atoms with Gasteiger partial charge >= 0.3 is 0 Å². The number of halogens is 1. The molecule has 0 N–H and O–H groups in total. The first-order valence-corrected chi connectivity index (χ1v) is 10.2. The average molecular weight is 412 g/mol. The molecule has 3 aromatic rings. The van der Waals surface area contributed by atoms with Crippen molar-refractivity contribution in [2.24, 2.45) is 0 Å². The van der Waals surface area contributed by atoms with E-state index in [1.807, 2.05) is 0 Å². The first-order valence-electron chi connectivity index (χ1n) is 9.18. The Kier molecular flexibility index (Phi) is 7.47. The van der Waals surface area contributed by atoms with Crippen LogP contribution in [0.4, 0.5) is 4.39 Å². The van der Waals surface area contributed by atoms with Crippen LogP contribution in [0.25, 0.3) is 5.69 Å². The number of hydrogen-bond acceptors (Lipinski definition) is 6. The molecule has 0 spiro atoms. The van der Waals surface area contributed by atoms with E-state index in [0.29, 0.717) is 28.8 Å². The number of aromatic nitrogens is 3. The molecule has 8 heteroatoms. The van der Waals surface area contributed by atoms with Crippen molar-refractivity contribution >= 4 is 11.8 Å². The zero-order valence-electron chi connectivity index (χ0n) is 16.0. The summed E-state index contributed by atoms with van der Waals surface area (Å²) in [5.74, 6) is 2.31. The first kappa shape index (κ1) is 20.7. The Bertz CT molecular complexity index is 970. The standard InChI is InChI=1S/C21H21FN4O2S/c1-27-16-9-11-17(12-10-16)28-15-20-24-25-21(29-14-6-2-5-13-23)26(20)19-8-4-3-7-18(19)22/h3-4,7-12H,2,5-6,14-15H2,1H3. The number of para-hydroxylation sites is 1. The number of nitrogens with zero attached hydrogens (tertiary/aromatic N) is 4. The Morgan fingerprint density at radius 2 is 1.83 bits per heavy atom. The Labute approximate surface area is 173 Å². The van der Waals surface area contributed by atoms with Gasteiger partial charge in [-0.25, -0.2) is 4.39 Å². The van der Waals surface area contributed by atoms with E-state index in [-0.39, 0.29) is 12.4 Å². The summed E-state index contributed by atoms with van der Waals surface area (Å²) in [6.45, 7) is 0.142. The van der Waals surface area contributed by atoms with Crippen LogP contribution in [0.1, 0.15) is 25.1 Å². The van der Waals surface area contributed by atoms with Crippen molar-refractivity contribution in [3.8, 4) is 23.3 Å². The van der Waals surface area contributed by atoms with Gasteiger partial charge in [0.2, 0.25) is 0 Å². The summed E-state index contributed by atoms with van der Waals surface area (Å²) in [6.07, 6.45) is 2.23. The Balaban J connectivity index is 1.78. The fourth-order valence-corrected chi connectivity index (χ4v) is 3.61. The summed E-state index contributed by atoms with van der Waals surface area (Å²) in [5, 5.41) is 17.7. The van der Waals surface area contributed by atoms with Crippen LogP contribution in [0, 0.1) is 17.1 Å². The molecule has 0 amide bonds. The van der Waals surface area contributed by atoms with Crippen LogP contribution in [0.3, 0.4) is 0 Å². The van der Waals surface area contributed by atoms with Crippen molar-refractivity contribution < 1.29 is 13.9 Å². The van der Waals surface area contributed by atoms with Gasteiger partial charge < -0.3 is 9.47 Å². The quantitative estimate of drug-likeness (QED) is 0.352. The molecule has 0 atom stereocenters. The molecule has 0 fully saturated rings. The van der Waals surface area contributed by atoms with Crippen LogP contribution >= 0.6 is 11.8 Å². The SMILES string of the molecule is COc1ccc(OCc2nnc(SCCCCC#N)n2-c2ccccc2F)cc1. The molecular weight excluding hydrogens is 391 g/mol. The van der Waals surface area contributed by atoms with Gasteiger partial charge in [-0.15, -0.1) is 10.2 Å². The number of hydrogen-bond donors (Lipinski definition) is 0. The first-order chi connectivity index (χ1) is 14.2. The second-order valence-corrected chi connectivity index (χ2v) is 7.18. The number of thioether (sulfide) groups is 1. The highest BCUT2D eigenvalue weighted by Gasteiger charge is 2.17. The minimum atomic E-state index is -0.357. The van der Waals surface area contributed by atoms with E-state index >= 15 is 0 Å². The Morgan fingerprint density at radius 3 is 2.55 bits per heavy atom. The minimum absolute atomic E-state index is 0.142. The maximum absolute atomic E-state index is 14.5. The lowest BCUT2D eigenvalue weighted by Gasteiger charge is -2.12. The molecule has 1 aromatic heterocycles. The molecular formula is C21H21FN4O2S. The van der Waals surface area contributed by atoms with Gasteiger partial charge in [0.1, 0.15) is 23.9 Å². The molecule has 0 saturated heterocycles. The van der Waals surface area contributed by atoms with Gasteiger partial charge in [0.25, 0.3) is 0 Å². The maximum Gasteiger partial charge on any atom is 0.196 e. The summed E-state index contributed by atoms with van der Waals surface area (Å²) >= 11 is 1.49. The van der Waals surface area contributed by atoms with Crippen molar-refractivity contribution in [3.05, 3.63) is 60.2 Å². The highest BCUT2D eigenvalue weighted by atomic mass is 32.2. The van der Waals surface area contributed by atoms with Crippen LogP contribution in [-0.2, 0) is 6.61 Å². The second kappa shape index (κ2) is 10.5. The third-order valence-electron chi connectivity index (χ3n) is 4.14. The largest absolute Gasteiger partial charge is 0.497 e. The molecule has 0 saturated carbocycles. The van der Waals surface area contributed by atoms with Crippen molar-refractivity contribution in [2.75, 3.05) is 12.9 Å². The predicted molar refractivity (Wildman–Crippen MR) is 109 cm³/mol. The van der Waals surface area contributed by atoms with E-state index < -0.39 is 0 Å². The highest BCUT2D eigenvalue weighted by Crippen LogP contribution is 2.26. The highest BCUT2D eigenvalue weighted by molar-refractivity contribution is 7.99. The summed E-state index contributed by atoms with van der Waals surface area (Å²) in [7, 11) is 1.60. The molecule has 29 heavy (non-hydrogen) atoms. The van der Waals surface area contributed by atoms with Crippen LogP contribution in [0.2, 0.25) is 0 Å². The van der Waals surface area contributed by atoms with Crippen LogP contribution < -0.4 is 9.47 Å². The molecule has 0 radical (unpaired) electrons. The van der Waals surface area contributed by atoms with E-state index in [0.717, 1.165) is 24.3 Å². The van der Waals surface area contributed by atoms with Gasteiger partial charge in [0.05, 0.1) is 18.9 Å². The van der Waals surface area contributed by atoms with Gasteiger partial charge in [-0.2, -0.15) is 5.26 Å². The van der Waals surface area contributed by atoms with E-state index in [9.17, 15) is 4.39 Å². The second-order valence-electron chi connectivity index (χ2n) is 6.11. The van der Waals surface area contributed by atoms with Gasteiger partial charge in [-0.1, -0.05) is 23.9 Å².